The first kappa shape index (κ1) is 9.92. The fourth-order valence-electron chi connectivity index (χ4n) is 1.30. The molecule has 0 fully saturated rings. The van der Waals surface area contributed by atoms with E-state index < -0.39 is 0 Å². The predicted octanol–water partition coefficient (Wildman–Crippen LogP) is 1.24. The lowest BCUT2D eigenvalue weighted by Gasteiger charge is -2.06. The molecule has 2 heterocycles. The fourth-order valence-corrected chi connectivity index (χ4v) is 1.85. The molecule has 0 radical (unpaired) electrons. The number of hydrogen-bond donors (Lipinski definition) is 1. The third kappa shape index (κ3) is 2.07. The minimum Gasteiger partial charge on any atom is -0.397 e. The molecule has 15 heavy (non-hydrogen) atoms. The molecule has 0 saturated carbocycles. The maximum Gasteiger partial charge on any atom is 0.251 e. The lowest BCUT2D eigenvalue weighted by molar-refractivity contribution is 0.744. The van der Waals surface area contributed by atoms with Crippen LogP contribution >= 0.6 is 11.3 Å². The zero-order chi connectivity index (χ0) is 10.8. The van der Waals surface area contributed by atoms with E-state index in [0.717, 1.165) is 11.3 Å². The zero-order valence-electron chi connectivity index (χ0n) is 8.30. The van der Waals surface area contributed by atoms with Crippen molar-refractivity contribution in [2.24, 2.45) is 0 Å². The fraction of sp³-hybridized carbons (Fsp3) is 0.200. The van der Waals surface area contributed by atoms with Gasteiger partial charge < -0.3 is 10.3 Å². The Labute approximate surface area is 91.0 Å². The molecule has 0 aromatic carbocycles. The molecule has 4 nitrogen and oxygen atoms in total. The Kier molecular flexibility index (Phi) is 2.55. The second-order valence-corrected chi connectivity index (χ2v) is 4.08. The minimum atomic E-state index is -0.0466. The number of nitrogens with two attached hydrogens (primary N) is 1. The Morgan fingerprint density at radius 3 is 3.07 bits per heavy atom. The van der Waals surface area contributed by atoms with E-state index in [1.807, 2.05) is 12.3 Å². The average Bonchev–Trinajstić information content (AvgIpc) is 2.67. The number of hydrogen-bond acceptors (Lipinski definition) is 4. The van der Waals surface area contributed by atoms with Crippen molar-refractivity contribution in [1.29, 1.82) is 0 Å². The van der Waals surface area contributed by atoms with Gasteiger partial charge in [0.05, 0.1) is 23.4 Å². The summed E-state index contributed by atoms with van der Waals surface area (Å²) in [5.41, 5.74) is 9.77. The van der Waals surface area contributed by atoms with Crippen molar-refractivity contribution < 1.29 is 0 Å². The van der Waals surface area contributed by atoms with Crippen LogP contribution in [0.4, 0.5) is 5.69 Å². The summed E-state index contributed by atoms with van der Waals surface area (Å²) in [5.74, 6) is 0. The molecule has 2 N–H and O–H groups in total. The van der Waals surface area contributed by atoms with Crippen molar-refractivity contribution in [3.05, 3.63) is 44.8 Å². The van der Waals surface area contributed by atoms with Gasteiger partial charge in [0, 0.05) is 17.6 Å². The van der Waals surface area contributed by atoms with Crippen LogP contribution in [0.2, 0.25) is 0 Å². The number of nitrogens with zero attached hydrogens (tertiary/aromatic N) is 2. The van der Waals surface area contributed by atoms with Gasteiger partial charge in [-0.25, -0.2) is 4.98 Å². The maximum atomic E-state index is 11.6. The Balaban J connectivity index is 2.37. The largest absolute Gasteiger partial charge is 0.397 e. The highest BCUT2D eigenvalue weighted by molar-refractivity contribution is 7.07. The van der Waals surface area contributed by atoms with Gasteiger partial charge in [0.2, 0.25) is 0 Å². The molecule has 0 aliphatic rings. The number of pyridine rings is 1. The van der Waals surface area contributed by atoms with Gasteiger partial charge in [-0.1, -0.05) is 0 Å². The first-order valence-electron chi connectivity index (χ1n) is 4.50. The lowest BCUT2D eigenvalue weighted by Crippen LogP contribution is -2.20. The first-order valence-corrected chi connectivity index (χ1v) is 5.45. The standard InChI is InChI=1S/C10H11N3OS/c1-7-2-10(14)13(4-9(7)11)3-8-5-15-6-12-8/h2,4-6H,3,11H2,1H3. The van der Waals surface area contributed by atoms with Crippen LogP contribution in [0.15, 0.2) is 27.9 Å². The Morgan fingerprint density at radius 1 is 1.60 bits per heavy atom. The van der Waals surface area contributed by atoms with Gasteiger partial charge in [0.15, 0.2) is 0 Å². The summed E-state index contributed by atoms with van der Waals surface area (Å²) in [4.78, 5) is 15.7. The van der Waals surface area contributed by atoms with Crippen LogP contribution in [-0.2, 0) is 6.54 Å². The van der Waals surface area contributed by atoms with Crippen LogP contribution < -0.4 is 11.3 Å². The number of thiazole rings is 1. The summed E-state index contributed by atoms with van der Waals surface area (Å²) in [6.07, 6.45) is 1.66. The van der Waals surface area contributed by atoms with Crippen LogP contribution in [0.1, 0.15) is 11.3 Å². The molecule has 2 rings (SSSR count). The zero-order valence-corrected chi connectivity index (χ0v) is 9.12. The van der Waals surface area contributed by atoms with Crippen molar-refractivity contribution in [2.75, 3.05) is 5.73 Å². The van der Waals surface area contributed by atoms with E-state index in [9.17, 15) is 4.79 Å². The quantitative estimate of drug-likeness (QED) is 0.830. The molecule has 0 saturated heterocycles. The summed E-state index contributed by atoms with van der Waals surface area (Å²) in [7, 11) is 0. The summed E-state index contributed by atoms with van der Waals surface area (Å²) in [6, 6.07) is 1.54. The van der Waals surface area contributed by atoms with Crippen LogP contribution in [0.3, 0.4) is 0 Å². The smallest absolute Gasteiger partial charge is 0.251 e. The van der Waals surface area contributed by atoms with Gasteiger partial charge in [-0.2, -0.15) is 0 Å². The topological polar surface area (TPSA) is 60.9 Å². The molecule has 0 amide bonds. The molecule has 0 atom stereocenters. The maximum absolute atomic E-state index is 11.6. The van der Waals surface area contributed by atoms with Crippen LogP contribution in [-0.4, -0.2) is 9.55 Å². The molecule has 0 unspecified atom stereocenters. The van der Waals surface area contributed by atoms with E-state index in [1.54, 1.807) is 22.3 Å². The van der Waals surface area contributed by atoms with E-state index in [1.165, 1.54) is 11.3 Å². The highest BCUT2D eigenvalue weighted by Gasteiger charge is 2.02. The third-order valence-electron chi connectivity index (χ3n) is 2.19. The normalized spacial score (nSPS) is 10.5. The van der Waals surface area contributed by atoms with Gasteiger partial charge in [-0.05, 0) is 12.5 Å². The van der Waals surface area contributed by atoms with Crippen molar-refractivity contribution in [3.63, 3.8) is 0 Å². The van der Waals surface area contributed by atoms with E-state index in [2.05, 4.69) is 4.98 Å². The first-order chi connectivity index (χ1) is 7.16. The van der Waals surface area contributed by atoms with E-state index in [4.69, 9.17) is 5.73 Å². The van der Waals surface area contributed by atoms with E-state index in [0.29, 0.717) is 12.2 Å². The van der Waals surface area contributed by atoms with E-state index in [-0.39, 0.29) is 5.56 Å². The number of rotatable bonds is 2. The van der Waals surface area contributed by atoms with Gasteiger partial charge in [0.1, 0.15) is 0 Å². The van der Waals surface area contributed by atoms with E-state index >= 15 is 0 Å². The highest BCUT2D eigenvalue weighted by Crippen LogP contribution is 2.07. The number of nitrogen functional groups attached to an aromatic ring is 1. The third-order valence-corrected chi connectivity index (χ3v) is 2.82. The number of aryl methyl sites for hydroxylation is 1. The second kappa shape index (κ2) is 3.86. The summed E-state index contributed by atoms with van der Waals surface area (Å²) >= 11 is 1.51. The Hall–Kier alpha value is -1.62. The minimum absolute atomic E-state index is 0.0466. The Morgan fingerprint density at radius 2 is 2.40 bits per heavy atom. The van der Waals surface area contributed by atoms with Gasteiger partial charge in [0.25, 0.3) is 5.56 Å². The molecule has 0 bridgehead atoms. The molecular weight excluding hydrogens is 210 g/mol. The average molecular weight is 221 g/mol. The summed E-state index contributed by atoms with van der Waals surface area (Å²) in [6.45, 7) is 2.30. The van der Waals surface area contributed by atoms with Crippen LogP contribution in [0, 0.1) is 6.92 Å². The number of anilines is 1. The van der Waals surface area contributed by atoms with Gasteiger partial charge in [-0.3, -0.25) is 4.79 Å². The van der Waals surface area contributed by atoms with Crippen molar-refractivity contribution >= 4 is 17.0 Å². The SMILES string of the molecule is Cc1cc(=O)n(Cc2cscn2)cc1N. The number of aromatic nitrogens is 2. The predicted molar refractivity (Wildman–Crippen MR) is 61.1 cm³/mol. The highest BCUT2D eigenvalue weighted by atomic mass is 32.1. The van der Waals surface area contributed by atoms with Gasteiger partial charge in [-0.15, -0.1) is 11.3 Å². The molecular formula is C10H11N3OS. The second-order valence-electron chi connectivity index (χ2n) is 3.36. The molecule has 0 aliphatic carbocycles. The summed E-state index contributed by atoms with van der Waals surface area (Å²) in [5, 5.41) is 1.92. The molecule has 5 heteroatoms. The lowest BCUT2D eigenvalue weighted by atomic mass is 10.2. The monoisotopic (exact) mass is 221 g/mol. The van der Waals surface area contributed by atoms with Crippen molar-refractivity contribution in [2.45, 2.75) is 13.5 Å². The molecule has 78 valence electrons. The molecule has 2 aromatic heterocycles. The van der Waals surface area contributed by atoms with Crippen molar-refractivity contribution in [3.8, 4) is 0 Å². The van der Waals surface area contributed by atoms with Crippen LogP contribution in [0.5, 0.6) is 0 Å². The van der Waals surface area contributed by atoms with Gasteiger partial charge >= 0.3 is 0 Å². The molecule has 0 spiro atoms. The molecule has 2 aromatic rings. The Bertz CT molecular complexity index is 516. The molecule has 0 aliphatic heterocycles. The van der Waals surface area contributed by atoms with Crippen LogP contribution in [0.25, 0.3) is 0 Å². The van der Waals surface area contributed by atoms with Crippen molar-refractivity contribution in [1.82, 2.24) is 9.55 Å². The summed E-state index contributed by atoms with van der Waals surface area (Å²) < 4.78 is 1.57.